The van der Waals surface area contributed by atoms with Gasteiger partial charge in [-0.1, -0.05) is 26.0 Å². The second kappa shape index (κ2) is 7.68. The van der Waals surface area contributed by atoms with Crippen molar-refractivity contribution >= 4 is 23.6 Å². The minimum Gasteiger partial charge on any atom is -0.357 e. The lowest BCUT2D eigenvalue weighted by Crippen LogP contribution is -2.48. The maximum absolute atomic E-state index is 12.7. The topological polar surface area (TPSA) is 49.4 Å². The van der Waals surface area contributed by atoms with Gasteiger partial charge < -0.3 is 10.2 Å². The zero-order chi connectivity index (χ0) is 18.8. The van der Waals surface area contributed by atoms with E-state index in [0.717, 1.165) is 12.1 Å². The molecule has 0 bridgehead atoms. The van der Waals surface area contributed by atoms with Crippen molar-refractivity contribution in [1.82, 2.24) is 10.2 Å². The fourth-order valence-corrected chi connectivity index (χ4v) is 4.05. The van der Waals surface area contributed by atoms with Crippen LogP contribution >= 0.6 is 11.8 Å². The molecule has 1 aliphatic rings. The van der Waals surface area contributed by atoms with Gasteiger partial charge in [0.2, 0.25) is 11.8 Å². The number of likely N-dealkylation sites (N-methyl/N-ethyl adjacent to an activating group) is 1. The molecule has 0 spiro atoms. The molecule has 2 rings (SSSR count). The van der Waals surface area contributed by atoms with Crippen molar-refractivity contribution in [3.8, 4) is 0 Å². The molecule has 0 unspecified atom stereocenters. The number of nitrogens with zero attached hydrogens (tertiary/aromatic N) is 1. The molecular weight excluding hydrogens is 353 g/mol. The van der Waals surface area contributed by atoms with Crippen molar-refractivity contribution in [3.63, 3.8) is 0 Å². The summed E-state index contributed by atoms with van der Waals surface area (Å²) in [5.74, 6) is -0.0448. The lowest BCUT2D eigenvalue weighted by atomic mass is 10.0. The Bertz CT molecular complexity index is 632. The molecule has 138 valence electrons. The molecule has 1 fully saturated rings. The van der Waals surface area contributed by atoms with Crippen molar-refractivity contribution in [2.24, 2.45) is 5.92 Å². The molecular formula is C17H21F3N2O2S. The van der Waals surface area contributed by atoms with Gasteiger partial charge in [-0.05, 0) is 30.0 Å². The van der Waals surface area contributed by atoms with E-state index in [1.165, 1.54) is 35.8 Å². The van der Waals surface area contributed by atoms with Gasteiger partial charge in [0.05, 0.1) is 11.3 Å². The van der Waals surface area contributed by atoms with Crippen LogP contribution in [0.4, 0.5) is 13.2 Å². The predicted molar refractivity (Wildman–Crippen MR) is 90.8 cm³/mol. The third-order valence-electron chi connectivity index (χ3n) is 4.01. The number of carbonyl (C=O) groups excluding carboxylic acids is 2. The largest absolute Gasteiger partial charge is 0.416 e. The van der Waals surface area contributed by atoms with Crippen LogP contribution in [0.1, 0.15) is 36.8 Å². The molecule has 0 aliphatic carbocycles. The summed E-state index contributed by atoms with van der Waals surface area (Å²) in [6, 6.07) is 4.13. The van der Waals surface area contributed by atoms with Crippen LogP contribution in [0, 0.1) is 5.92 Å². The Morgan fingerprint density at radius 1 is 1.32 bits per heavy atom. The molecule has 1 N–H and O–H groups in total. The number of nitrogens with one attached hydrogen (secondary N) is 1. The van der Waals surface area contributed by atoms with E-state index >= 15 is 0 Å². The minimum atomic E-state index is -4.40. The molecule has 1 aromatic rings. The van der Waals surface area contributed by atoms with Crippen LogP contribution in [-0.4, -0.2) is 35.6 Å². The van der Waals surface area contributed by atoms with Crippen LogP contribution in [0.5, 0.6) is 0 Å². The summed E-state index contributed by atoms with van der Waals surface area (Å²) in [5, 5.41) is 2.12. The maximum Gasteiger partial charge on any atom is 0.416 e. The molecule has 0 aromatic heterocycles. The molecule has 1 heterocycles. The summed E-state index contributed by atoms with van der Waals surface area (Å²) in [4.78, 5) is 26.2. The van der Waals surface area contributed by atoms with Crippen LogP contribution in [0.15, 0.2) is 24.3 Å². The van der Waals surface area contributed by atoms with E-state index in [0.29, 0.717) is 12.0 Å². The second-order valence-corrected chi connectivity index (χ2v) is 7.41. The average molecular weight is 374 g/mol. The Morgan fingerprint density at radius 2 is 1.92 bits per heavy atom. The van der Waals surface area contributed by atoms with Crippen LogP contribution in [0.25, 0.3) is 0 Å². The Morgan fingerprint density at radius 3 is 2.40 bits per heavy atom. The third kappa shape index (κ3) is 4.48. The average Bonchev–Trinajstić information content (AvgIpc) is 2.92. The fraction of sp³-hybridized carbons (Fsp3) is 0.529. The van der Waals surface area contributed by atoms with Gasteiger partial charge in [0.15, 0.2) is 0 Å². The highest BCUT2D eigenvalue weighted by molar-refractivity contribution is 8.00. The van der Waals surface area contributed by atoms with Crippen LogP contribution in [0.2, 0.25) is 0 Å². The van der Waals surface area contributed by atoms with E-state index in [-0.39, 0.29) is 23.5 Å². The number of amides is 2. The quantitative estimate of drug-likeness (QED) is 0.859. The van der Waals surface area contributed by atoms with Crippen molar-refractivity contribution in [3.05, 3.63) is 35.4 Å². The van der Waals surface area contributed by atoms with E-state index in [4.69, 9.17) is 0 Å². The summed E-state index contributed by atoms with van der Waals surface area (Å²) >= 11 is 1.32. The van der Waals surface area contributed by atoms with Gasteiger partial charge in [0, 0.05) is 7.05 Å². The number of hydrogen-bond donors (Lipinski definition) is 1. The molecule has 1 saturated heterocycles. The van der Waals surface area contributed by atoms with Crippen LogP contribution in [-0.2, 0) is 15.8 Å². The number of carbonyl (C=O) groups is 2. The lowest BCUT2D eigenvalue weighted by molar-refractivity contribution is -0.139. The summed E-state index contributed by atoms with van der Waals surface area (Å²) in [7, 11) is 1.51. The maximum atomic E-state index is 12.7. The van der Waals surface area contributed by atoms with E-state index in [9.17, 15) is 22.8 Å². The molecule has 0 radical (unpaired) electrons. The number of thioether (sulfide) groups is 1. The second-order valence-electron chi connectivity index (χ2n) is 6.34. The molecule has 4 nitrogen and oxygen atoms in total. The van der Waals surface area contributed by atoms with Gasteiger partial charge in [-0.25, -0.2) is 0 Å². The highest BCUT2D eigenvalue weighted by Crippen LogP contribution is 2.41. The first-order chi connectivity index (χ1) is 11.6. The predicted octanol–water partition coefficient (Wildman–Crippen LogP) is 3.44. The smallest absolute Gasteiger partial charge is 0.357 e. The van der Waals surface area contributed by atoms with Gasteiger partial charge in [-0.2, -0.15) is 13.2 Å². The van der Waals surface area contributed by atoms with Gasteiger partial charge in [0.1, 0.15) is 11.4 Å². The Labute approximate surface area is 149 Å². The number of alkyl halides is 3. The normalized spacial score (nSPS) is 19.4. The Kier molecular flexibility index (Phi) is 6.03. The zero-order valence-corrected chi connectivity index (χ0v) is 15.1. The minimum absolute atomic E-state index is 0.177. The molecule has 0 saturated carbocycles. The van der Waals surface area contributed by atoms with Crippen molar-refractivity contribution in [1.29, 1.82) is 0 Å². The molecule has 1 aliphatic heterocycles. The third-order valence-corrected chi connectivity index (χ3v) is 5.24. The zero-order valence-electron chi connectivity index (χ0n) is 14.3. The van der Waals surface area contributed by atoms with E-state index in [2.05, 4.69) is 5.32 Å². The monoisotopic (exact) mass is 374 g/mol. The highest BCUT2D eigenvalue weighted by atomic mass is 32.2. The molecule has 2 atom stereocenters. The summed E-state index contributed by atoms with van der Waals surface area (Å²) in [6.07, 6.45) is -3.91. The highest BCUT2D eigenvalue weighted by Gasteiger charge is 2.41. The van der Waals surface area contributed by atoms with E-state index in [1.54, 1.807) is 0 Å². The molecule has 25 heavy (non-hydrogen) atoms. The Balaban J connectivity index is 2.32. The first kappa shape index (κ1) is 19.6. The first-order valence-corrected chi connectivity index (χ1v) is 9.01. The van der Waals surface area contributed by atoms with Crippen molar-refractivity contribution in [2.75, 3.05) is 12.8 Å². The number of hydrogen-bond acceptors (Lipinski definition) is 3. The molecule has 8 heteroatoms. The van der Waals surface area contributed by atoms with Gasteiger partial charge in [0.25, 0.3) is 0 Å². The summed E-state index contributed by atoms with van der Waals surface area (Å²) < 4.78 is 38.2. The number of benzene rings is 1. The van der Waals surface area contributed by atoms with E-state index < -0.39 is 23.2 Å². The number of halogens is 3. The van der Waals surface area contributed by atoms with Crippen LogP contribution in [0.3, 0.4) is 0 Å². The van der Waals surface area contributed by atoms with Crippen molar-refractivity contribution < 1.29 is 22.8 Å². The Hall–Kier alpha value is -1.70. The van der Waals surface area contributed by atoms with Gasteiger partial charge in [-0.3, -0.25) is 9.59 Å². The van der Waals surface area contributed by atoms with E-state index in [1.807, 2.05) is 13.8 Å². The van der Waals surface area contributed by atoms with Gasteiger partial charge >= 0.3 is 6.18 Å². The first-order valence-electron chi connectivity index (χ1n) is 7.96. The van der Waals surface area contributed by atoms with Crippen LogP contribution < -0.4 is 5.32 Å². The molecule has 2 amide bonds. The summed E-state index contributed by atoms with van der Waals surface area (Å²) in [6.45, 7) is 3.91. The fourth-order valence-electron chi connectivity index (χ4n) is 2.83. The number of rotatable bonds is 5. The van der Waals surface area contributed by atoms with Gasteiger partial charge in [-0.15, -0.1) is 11.8 Å². The standard InChI is InChI=1S/C17H21F3N2O2S/c1-10(2)8-13(15(24)21-3)22-14(23)9-25-16(22)11-4-6-12(7-5-11)17(18,19)20/h4-7,10,13,16H,8-9H2,1-3H3,(H,21,24)/t13-,16+/m1/s1. The summed E-state index contributed by atoms with van der Waals surface area (Å²) in [5.41, 5.74) is -0.149. The molecule has 1 aromatic carbocycles. The van der Waals surface area contributed by atoms with Crippen molar-refractivity contribution in [2.45, 2.75) is 37.9 Å². The SMILES string of the molecule is CNC(=O)[C@@H](CC(C)C)N1C(=O)CS[C@H]1c1ccc(C(F)(F)F)cc1. The lowest BCUT2D eigenvalue weighted by Gasteiger charge is -2.32.